The number of nitrogens with one attached hydrogen (secondary N) is 3. The monoisotopic (exact) mass is 1150 g/mol. The smallest absolute Gasteiger partial charge is 0.444 e. The molecular formula is C53H75F3N16O8S. The Kier molecular flexibility index (Phi) is 20.7. The quantitative estimate of drug-likeness (QED) is 0.0427. The molecule has 3 amide bonds. The first kappa shape index (κ1) is 65.5. The Morgan fingerprint density at radius 1 is 0.617 bits per heavy atom. The molecule has 0 aliphatic carbocycles. The highest BCUT2D eigenvalue weighted by Gasteiger charge is 2.46. The van der Waals surface area contributed by atoms with Crippen LogP contribution in [0.5, 0.6) is 0 Å². The van der Waals surface area contributed by atoms with Crippen molar-refractivity contribution in [3.05, 3.63) is 94.8 Å². The van der Waals surface area contributed by atoms with Crippen LogP contribution >= 0.6 is 0 Å². The molecule has 0 saturated carbocycles. The lowest BCUT2D eigenvalue weighted by atomic mass is 10.1. The molecule has 0 unspecified atom stereocenters. The number of nitrogens with zero attached hydrogens (tertiary/aromatic N) is 10. The lowest BCUT2D eigenvalue weighted by molar-refractivity contribution is -0.0435. The third-order valence-corrected chi connectivity index (χ3v) is 11.9. The summed E-state index contributed by atoms with van der Waals surface area (Å²) < 4.78 is 78.5. The van der Waals surface area contributed by atoms with Crippen molar-refractivity contribution in [2.75, 3.05) is 24.6 Å². The van der Waals surface area contributed by atoms with E-state index in [1.807, 2.05) is 63.6 Å². The zero-order valence-corrected chi connectivity index (χ0v) is 49.4. The van der Waals surface area contributed by atoms with Crippen LogP contribution in [0.2, 0.25) is 0 Å². The number of carbonyl (C=O) groups is 3. The number of hydrogen-bond acceptors (Lipinski definition) is 18. The number of amides is 3. The van der Waals surface area contributed by atoms with E-state index in [0.717, 1.165) is 40.5 Å². The number of alkyl carbamates (subject to hydrolysis) is 3. The lowest BCUT2D eigenvalue weighted by Crippen LogP contribution is -2.48. The largest absolute Gasteiger partial charge is 0.518 e. The summed E-state index contributed by atoms with van der Waals surface area (Å²) in [5.74, 6) is -0.0717. The molecule has 0 fully saturated rings. The number of fused-ring (bicyclic) bond motifs is 2. The van der Waals surface area contributed by atoms with Crippen LogP contribution in [0.3, 0.4) is 0 Å². The Morgan fingerprint density at radius 3 is 1.36 bits per heavy atom. The fourth-order valence-corrected chi connectivity index (χ4v) is 7.77. The zero-order chi connectivity index (χ0) is 61.3. The Hall–Kier alpha value is -8.01. The summed E-state index contributed by atoms with van der Waals surface area (Å²) in [5.41, 5.74) is 16.8. The van der Waals surface area contributed by atoms with Gasteiger partial charge in [-0.05, 0) is 122 Å². The summed E-state index contributed by atoms with van der Waals surface area (Å²) in [4.78, 5) is 57.8. The van der Waals surface area contributed by atoms with E-state index in [2.05, 4.69) is 71.1 Å². The molecule has 4 aromatic heterocycles. The molecule has 28 heteroatoms. The van der Waals surface area contributed by atoms with Crippen LogP contribution in [-0.2, 0) is 48.2 Å². The van der Waals surface area contributed by atoms with Crippen molar-refractivity contribution in [1.82, 2.24) is 55.4 Å². The second-order valence-corrected chi connectivity index (χ2v) is 24.5. The molecule has 0 atom stereocenters. The van der Waals surface area contributed by atoms with Gasteiger partial charge in [0.25, 0.3) is 0 Å². The van der Waals surface area contributed by atoms with E-state index < -0.39 is 62.0 Å². The van der Waals surface area contributed by atoms with Crippen LogP contribution in [0.1, 0.15) is 131 Å². The van der Waals surface area contributed by atoms with Crippen molar-refractivity contribution in [2.45, 2.75) is 157 Å². The molecule has 0 saturated heterocycles. The highest BCUT2D eigenvalue weighted by Crippen LogP contribution is 2.30. The molecule has 442 valence electrons. The summed E-state index contributed by atoms with van der Waals surface area (Å²) in [6, 6.07) is 16.5. The number of halogens is 3. The zero-order valence-electron chi connectivity index (χ0n) is 48.6. The van der Waals surface area contributed by atoms with Gasteiger partial charge in [-0.1, -0.05) is 59.7 Å². The number of aliphatic imine (C=N–C) groups is 1. The molecule has 0 bridgehead atoms. The maximum absolute atomic E-state index is 12.5. The number of anilines is 2. The molecule has 0 spiro atoms. The molecule has 0 aliphatic heterocycles. The number of alkyl halides is 3. The van der Waals surface area contributed by atoms with Crippen molar-refractivity contribution in [3.63, 3.8) is 0 Å². The fraction of sp³-hybridized carbons (Fsp3) is 0.491. The molecule has 24 nitrogen and oxygen atoms in total. The van der Waals surface area contributed by atoms with Gasteiger partial charge in [0.05, 0.1) is 39.8 Å². The second kappa shape index (κ2) is 25.6. The molecule has 0 aliphatic rings. The van der Waals surface area contributed by atoms with Gasteiger partial charge in [-0.25, -0.2) is 48.7 Å². The summed E-state index contributed by atoms with van der Waals surface area (Å²) in [6.07, 6.45) is 1.44. The average Bonchev–Trinajstić information content (AvgIpc) is 4.13. The molecular weight excluding hydrogens is 1080 g/mol. The first-order valence-corrected chi connectivity index (χ1v) is 26.7. The number of benzene rings is 2. The second-order valence-electron chi connectivity index (χ2n) is 22.9. The van der Waals surface area contributed by atoms with Crippen molar-refractivity contribution < 1.29 is 50.2 Å². The predicted octanol–water partition coefficient (Wildman–Crippen LogP) is 8.23. The number of sulfonamides is 1. The third-order valence-electron chi connectivity index (χ3n) is 10.8. The molecule has 9 N–H and O–H groups in total. The van der Waals surface area contributed by atoms with Crippen LogP contribution in [0.15, 0.2) is 70.6 Å². The first-order chi connectivity index (χ1) is 37.1. The molecule has 4 heterocycles. The maximum Gasteiger partial charge on any atom is 0.518 e. The van der Waals surface area contributed by atoms with E-state index in [0.29, 0.717) is 42.1 Å². The molecule has 81 heavy (non-hydrogen) atoms. The molecule has 6 aromatic rings. The van der Waals surface area contributed by atoms with Crippen LogP contribution in [-0.4, -0.2) is 113 Å². The van der Waals surface area contributed by atoms with Crippen LogP contribution in [0, 0.1) is 13.8 Å². The topological polar surface area (TPSA) is 339 Å². The number of nitrogen functional groups attached to an aromatic ring is 2. The highest BCUT2D eigenvalue weighted by molar-refractivity contribution is 7.91. The molecule has 0 radical (unpaired) electrons. The van der Waals surface area contributed by atoms with Gasteiger partial charge in [-0.2, -0.15) is 31.8 Å². The van der Waals surface area contributed by atoms with E-state index in [4.69, 9.17) is 41.6 Å². The van der Waals surface area contributed by atoms with E-state index in [9.17, 15) is 36.0 Å². The Labute approximate surface area is 469 Å². The number of guanidine groups is 1. The Bertz CT molecular complexity index is 3360. The average molecular weight is 1150 g/mol. The van der Waals surface area contributed by atoms with Gasteiger partial charge < -0.3 is 31.4 Å². The summed E-state index contributed by atoms with van der Waals surface area (Å²) in [6.45, 7) is 28.5. The maximum atomic E-state index is 12.5. The van der Waals surface area contributed by atoms with Crippen molar-refractivity contribution >= 4 is 73.8 Å². The Morgan fingerprint density at radius 2 is 1.00 bits per heavy atom. The normalized spacial score (nSPS) is 12.6. The molecule has 2 aromatic carbocycles. The van der Waals surface area contributed by atoms with Crippen LogP contribution in [0.4, 0.5) is 39.2 Å². The fourth-order valence-electron chi connectivity index (χ4n) is 7.26. The predicted molar refractivity (Wildman–Crippen MR) is 304 cm³/mol. The number of nitrogens with two attached hydrogens (primary N) is 3. The van der Waals surface area contributed by atoms with Crippen molar-refractivity contribution in [1.29, 1.82) is 0 Å². The standard InChI is InChI=1S/C28H40N8O4.C17H22N6.C8H13F3N2O4S/c1-17-11-10-12-18(13-17)14-19-20-21(29)31-16-32-22(20)36(35-19)28(8,9)15-30-23(33-24(37)39-26(2,3)4)34-25(38)40-27(5,6)7;1-11-5-4-6-12(7-11)8-13-14-15(19)20-10-21-16(14)23(22-13)17(2,3)9-18;1-5(12-6(14)17-7(2,3)4)13-18(15,16)8(9,10)11/h10-13,16H,14-15H2,1-9H3,(H2,29,31,32)(H2,30,33,34,37,38);4-7,10H,8-9,18H2,1-3H3,(H2,19,20,21);1-4H3,(H,12,13,14). The minimum absolute atomic E-state index is 0.0957. The summed E-state index contributed by atoms with van der Waals surface area (Å²) in [7, 11) is -5.67. The minimum Gasteiger partial charge on any atom is -0.444 e. The number of carbonyl (C=O) groups excluding carboxylic acids is 3. The first-order valence-electron chi connectivity index (χ1n) is 25.3. The van der Waals surface area contributed by atoms with Gasteiger partial charge >= 0.3 is 33.8 Å². The Balaban J connectivity index is 0.000000290. The summed E-state index contributed by atoms with van der Waals surface area (Å²) >= 11 is 0. The number of amidine groups is 1. The van der Waals surface area contributed by atoms with Crippen molar-refractivity contribution in [3.8, 4) is 0 Å². The number of aryl methyl sites for hydroxylation is 2. The number of ether oxygens (including phenoxy) is 3. The number of aromatic nitrogens is 8. The van der Waals surface area contributed by atoms with Crippen LogP contribution < -0.4 is 33.2 Å². The van der Waals surface area contributed by atoms with Gasteiger partial charge in [0.15, 0.2) is 11.3 Å². The number of rotatable bonds is 10. The van der Waals surface area contributed by atoms with E-state index in [1.54, 1.807) is 51.5 Å². The van der Waals surface area contributed by atoms with Gasteiger partial charge in [0, 0.05) is 19.4 Å². The van der Waals surface area contributed by atoms with E-state index in [1.165, 1.54) is 44.6 Å². The number of hydrogen-bond donors (Lipinski definition) is 6. The van der Waals surface area contributed by atoms with Crippen molar-refractivity contribution in [2.24, 2.45) is 15.1 Å². The lowest BCUT2D eigenvalue weighted by Gasteiger charge is -2.25. The summed E-state index contributed by atoms with van der Waals surface area (Å²) in [5, 5.41) is 17.9. The van der Waals surface area contributed by atoms with Gasteiger partial charge in [-0.15, -0.1) is 4.40 Å². The third kappa shape index (κ3) is 19.6. The van der Waals surface area contributed by atoms with Gasteiger partial charge in [0.1, 0.15) is 46.9 Å². The van der Waals surface area contributed by atoms with Gasteiger partial charge in [0.2, 0.25) is 5.96 Å². The van der Waals surface area contributed by atoms with E-state index >= 15 is 0 Å². The molecule has 6 rings (SSSR count). The van der Waals surface area contributed by atoms with Gasteiger partial charge in [-0.3, -0.25) is 16.0 Å². The SMILES string of the molecule is CC(=NS(=O)(=O)C(F)(F)F)NC(=O)OC(C)(C)C.Cc1cccc(Cc2nn(C(C)(C)CN)c3ncnc(N)c23)c1.Cc1cccc(Cc2nn(C(C)(C)CN=C(NC(=O)OC(C)(C)C)NC(=O)OC(C)(C)C)c3ncnc(N)c23)c1. The van der Waals surface area contributed by atoms with Crippen LogP contribution in [0.25, 0.3) is 22.1 Å². The minimum atomic E-state index is -5.67. The highest BCUT2D eigenvalue weighted by atomic mass is 32.2. The van der Waals surface area contributed by atoms with E-state index in [-0.39, 0.29) is 18.0 Å².